The number of thiocarbonyl (C=S) groups is 1. The number of carbonyl (C=O) groups is 1. The standard InChI is InChI=1S/C27H19Cl2N5O2S/c1-16-14-23-24(33-34(32-23)20-8-6-19(29)7-9-20)15-22(16)30-27(37)31-26(35)13-11-21-10-12-25(36-21)17-2-4-18(28)5-3-17/h2-15H,1H3,(H2,30,31,35,37). The van der Waals surface area contributed by atoms with Crippen molar-refractivity contribution in [1.82, 2.24) is 20.3 Å². The van der Waals surface area contributed by atoms with Gasteiger partial charge in [0, 0.05) is 27.4 Å². The number of furan rings is 1. The number of nitrogens with one attached hydrogen (secondary N) is 2. The van der Waals surface area contributed by atoms with Gasteiger partial charge in [0.2, 0.25) is 5.91 Å². The number of carbonyl (C=O) groups excluding carboxylic acids is 1. The fraction of sp³-hybridized carbons (Fsp3) is 0.0370. The molecule has 0 atom stereocenters. The number of halogens is 2. The van der Waals surface area contributed by atoms with Crippen LogP contribution in [-0.2, 0) is 4.79 Å². The van der Waals surface area contributed by atoms with Crippen molar-refractivity contribution in [2.75, 3.05) is 5.32 Å². The SMILES string of the molecule is Cc1cc2nn(-c3ccc(Cl)cc3)nc2cc1NC(=S)NC(=O)C=Cc1ccc(-c2ccc(Cl)cc2)o1. The van der Waals surface area contributed by atoms with Crippen LogP contribution in [-0.4, -0.2) is 26.0 Å². The van der Waals surface area contributed by atoms with E-state index < -0.39 is 5.91 Å². The predicted octanol–water partition coefficient (Wildman–Crippen LogP) is 6.82. The molecule has 0 saturated carbocycles. The third-order valence-corrected chi connectivity index (χ3v) is 6.13. The van der Waals surface area contributed by atoms with Crippen molar-refractivity contribution in [1.29, 1.82) is 0 Å². The molecule has 5 aromatic rings. The van der Waals surface area contributed by atoms with Crippen LogP contribution >= 0.6 is 35.4 Å². The van der Waals surface area contributed by atoms with Crippen LogP contribution in [0.15, 0.2) is 83.3 Å². The Hall–Kier alpha value is -3.98. The van der Waals surface area contributed by atoms with Gasteiger partial charge in [-0.05, 0) is 104 Å². The average Bonchev–Trinajstić information content (AvgIpc) is 3.51. The molecule has 0 aliphatic heterocycles. The van der Waals surface area contributed by atoms with Crippen molar-refractivity contribution in [3.8, 4) is 17.0 Å². The van der Waals surface area contributed by atoms with Gasteiger partial charge in [-0.15, -0.1) is 10.2 Å². The Kier molecular flexibility index (Phi) is 7.05. The zero-order valence-electron chi connectivity index (χ0n) is 19.4. The first-order chi connectivity index (χ1) is 17.8. The number of aryl methyl sites for hydroxylation is 1. The highest BCUT2D eigenvalue weighted by Crippen LogP contribution is 2.25. The van der Waals surface area contributed by atoms with E-state index in [1.807, 2.05) is 49.4 Å². The molecule has 0 unspecified atom stereocenters. The van der Waals surface area contributed by atoms with E-state index >= 15 is 0 Å². The van der Waals surface area contributed by atoms with Crippen molar-refractivity contribution in [3.05, 3.63) is 100 Å². The smallest absolute Gasteiger partial charge is 0.250 e. The Balaban J connectivity index is 1.23. The highest BCUT2D eigenvalue weighted by atomic mass is 35.5. The van der Waals surface area contributed by atoms with Gasteiger partial charge in [-0.2, -0.15) is 4.80 Å². The van der Waals surface area contributed by atoms with Crippen molar-refractivity contribution >= 4 is 69.2 Å². The molecule has 184 valence electrons. The second-order valence-corrected chi connectivity index (χ2v) is 9.39. The van der Waals surface area contributed by atoms with Gasteiger partial charge >= 0.3 is 0 Å². The van der Waals surface area contributed by atoms with Crippen LogP contribution in [0.1, 0.15) is 11.3 Å². The van der Waals surface area contributed by atoms with Crippen LogP contribution in [0.4, 0.5) is 5.69 Å². The molecule has 7 nitrogen and oxygen atoms in total. The summed E-state index contributed by atoms with van der Waals surface area (Å²) in [5, 5.41) is 16.2. The van der Waals surface area contributed by atoms with Crippen LogP contribution in [0.2, 0.25) is 10.0 Å². The molecular weight excluding hydrogens is 529 g/mol. The normalized spacial score (nSPS) is 11.2. The van der Waals surface area contributed by atoms with Gasteiger partial charge in [-0.3, -0.25) is 10.1 Å². The topological polar surface area (TPSA) is 85.0 Å². The van der Waals surface area contributed by atoms with E-state index in [4.69, 9.17) is 39.8 Å². The molecule has 0 aliphatic rings. The van der Waals surface area contributed by atoms with Gasteiger partial charge in [0.15, 0.2) is 5.11 Å². The first-order valence-corrected chi connectivity index (χ1v) is 12.3. The van der Waals surface area contributed by atoms with E-state index in [2.05, 4.69) is 20.8 Å². The molecule has 0 saturated heterocycles. The van der Waals surface area contributed by atoms with Crippen molar-refractivity contribution < 1.29 is 9.21 Å². The minimum Gasteiger partial charge on any atom is -0.457 e. The number of benzene rings is 3. The highest BCUT2D eigenvalue weighted by molar-refractivity contribution is 7.80. The van der Waals surface area contributed by atoms with Gasteiger partial charge in [0.25, 0.3) is 0 Å². The summed E-state index contributed by atoms with van der Waals surface area (Å²) in [6.45, 7) is 1.92. The van der Waals surface area contributed by atoms with E-state index in [1.165, 1.54) is 6.08 Å². The maximum absolute atomic E-state index is 12.4. The molecule has 37 heavy (non-hydrogen) atoms. The molecule has 0 aliphatic carbocycles. The molecule has 0 bridgehead atoms. The molecule has 0 fully saturated rings. The van der Waals surface area contributed by atoms with Crippen LogP contribution < -0.4 is 10.6 Å². The molecule has 0 radical (unpaired) electrons. The van der Waals surface area contributed by atoms with Crippen molar-refractivity contribution in [2.45, 2.75) is 6.92 Å². The van der Waals surface area contributed by atoms with Crippen LogP contribution in [0.3, 0.4) is 0 Å². The largest absolute Gasteiger partial charge is 0.457 e. The lowest BCUT2D eigenvalue weighted by atomic mass is 10.2. The fourth-order valence-corrected chi connectivity index (χ4v) is 4.03. The Labute approximate surface area is 227 Å². The quantitative estimate of drug-likeness (QED) is 0.185. The molecular formula is C27H19Cl2N5O2S. The number of hydrogen-bond acceptors (Lipinski definition) is 5. The summed E-state index contributed by atoms with van der Waals surface area (Å²) in [6, 6.07) is 21.9. The summed E-state index contributed by atoms with van der Waals surface area (Å²) in [7, 11) is 0. The first kappa shape index (κ1) is 24.7. The van der Waals surface area contributed by atoms with E-state index in [1.54, 1.807) is 41.2 Å². The Bertz CT molecular complexity index is 1640. The molecule has 3 aromatic carbocycles. The zero-order chi connectivity index (χ0) is 25.9. The predicted molar refractivity (Wildman–Crippen MR) is 151 cm³/mol. The number of aromatic nitrogens is 3. The second-order valence-electron chi connectivity index (χ2n) is 8.11. The Morgan fingerprint density at radius 2 is 1.59 bits per heavy atom. The zero-order valence-corrected chi connectivity index (χ0v) is 21.7. The van der Waals surface area contributed by atoms with Gasteiger partial charge in [-0.25, -0.2) is 0 Å². The van der Waals surface area contributed by atoms with E-state index in [-0.39, 0.29) is 5.11 Å². The summed E-state index contributed by atoms with van der Waals surface area (Å²) >= 11 is 17.2. The molecule has 2 heterocycles. The van der Waals surface area contributed by atoms with Crippen LogP contribution in [0.5, 0.6) is 0 Å². The Morgan fingerprint density at radius 3 is 2.30 bits per heavy atom. The fourth-order valence-electron chi connectivity index (χ4n) is 3.57. The lowest BCUT2D eigenvalue weighted by Crippen LogP contribution is -2.33. The minimum absolute atomic E-state index is 0.156. The number of amides is 1. The van der Waals surface area contributed by atoms with E-state index in [9.17, 15) is 4.79 Å². The van der Waals surface area contributed by atoms with E-state index in [0.717, 1.165) is 22.3 Å². The maximum atomic E-state index is 12.4. The minimum atomic E-state index is -0.394. The first-order valence-electron chi connectivity index (χ1n) is 11.1. The summed E-state index contributed by atoms with van der Waals surface area (Å²) in [6.07, 6.45) is 2.93. The Morgan fingerprint density at radius 1 is 0.946 bits per heavy atom. The summed E-state index contributed by atoms with van der Waals surface area (Å²) in [5.74, 6) is 0.811. The number of anilines is 1. The average molecular weight is 548 g/mol. The molecule has 10 heteroatoms. The number of nitrogens with zero attached hydrogens (tertiary/aromatic N) is 3. The van der Waals surface area contributed by atoms with Gasteiger partial charge in [0.1, 0.15) is 22.6 Å². The molecule has 2 N–H and O–H groups in total. The number of rotatable bonds is 5. The lowest BCUT2D eigenvalue weighted by Gasteiger charge is -2.10. The number of hydrogen-bond donors (Lipinski definition) is 2. The van der Waals surface area contributed by atoms with Crippen LogP contribution in [0.25, 0.3) is 34.1 Å². The molecule has 5 rings (SSSR count). The molecule has 0 spiro atoms. The summed E-state index contributed by atoms with van der Waals surface area (Å²) in [5.41, 5.74) is 4.69. The molecule has 1 amide bonds. The van der Waals surface area contributed by atoms with Crippen molar-refractivity contribution in [2.24, 2.45) is 0 Å². The van der Waals surface area contributed by atoms with Gasteiger partial charge < -0.3 is 9.73 Å². The highest BCUT2D eigenvalue weighted by Gasteiger charge is 2.11. The van der Waals surface area contributed by atoms with E-state index in [0.29, 0.717) is 32.8 Å². The monoisotopic (exact) mass is 547 g/mol. The van der Waals surface area contributed by atoms with Crippen LogP contribution in [0, 0.1) is 6.92 Å². The summed E-state index contributed by atoms with van der Waals surface area (Å²) < 4.78 is 5.78. The van der Waals surface area contributed by atoms with Gasteiger partial charge in [-0.1, -0.05) is 23.2 Å². The van der Waals surface area contributed by atoms with Crippen molar-refractivity contribution in [3.63, 3.8) is 0 Å². The number of fused-ring (bicyclic) bond motifs is 1. The second kappa shape index (κ2) is 10.6. The van der Waals surface area contributed by atoms with Gasteiger partial charge in [0.05, 0.1) is 5.69 Å². The molecule has 2 aromatic heterocycles. The summed E-state index contributed by atoms with van der Waals surface area (Å²) in [4.78, 5) is 13.9. The third kappa shape index (κ3) is 5.89. The third-order valence-electron chi connectivity index (χ3n) is 5.42. The lowest BCUT2D eigenvalue weighted by molar-refractivity contribution is -0.115. The maximum Gasteiger partial charge on any atom is 0.250 e.